The topological polar surface area (TPSA) is 43.8 Å². The molecule has 0 saturated carbocycles. The van der Waals surface area contributed by atoms with Crippen molar-refractivity contribution in [3.05, 3.63) is 0 Å². The Morgan fingerprint density at radius 2 is 1.92 bits per heavy atom. The Morgan fingerprint density at radius 3 is 2.33 bits per heavy atom. The van der Waals surface area contributed by atoms with Crippen LogP contribution >= 0.6 is 0 Å². The quantitative estimate of drug-likeness (QED) is 0.632. The average Bonchev–Trinajstić information content (AvgIpc) is 2.35. The van der Waals surface area contributed by atoms with E-state index in [0.717, 1.165) is 26.1 Å². The van der Waals surface area contributed by atoms with Gasteiger partial charge in [0.1, 0.15) is 0 Å². The van der Waals surface area contributed by atoms with Gasteiger partial charge in [-0.15, -0.1) is 0 Å². The summed E-state index contributed by atoms with van der Waals surface area (Å²) in [7, 11) is 0. The van der Waals surface area contributed by atoms with E-state index in [-0.39, 0.29) is 6.17 Å². The summed E-state index contributed by atoms with van der Waals surface area (Å²) in [6, 6.07) is 0. The molecule has 1 amide bonds. The Morgan fingerprint density at radius 1 is 1.25 bits per heavy atom. The molecule has 0 aromatic carbocycles. The largest absolute Gasteiger partial charge is 0.465 e. The van der Waals surface area contributed by atoms with Crippen LogP contribution in [0.2, 0.25) is 0 Å². The van der Waals surface area contributed by atoms with E-state index >= 15 is 0 Å². The van der Waals surface area contributed by atoms with E-state index in [9.17, 15) is 4.79 Å². The normalized spacial score (nSPS) is 30.3. The maximum atomic E-state index is 10.6. The highest BCUT2D eigenvalue weighted by molar-refractivity contribution is 5.66. The van der Waals surface area contributed by atoms with Crippen LogP contribution in [0.1, 0.15) is 19.3 Å². The second kappa shape index (κ2) is 2.94. The highest BCUT2D eigenvalue weighted by Gasteiger charge is 2.37. The van der Waals surface area contributed by atoms with E-state index in [2.05, 4.69) is 4.90 Å². The molecular weight excluding hydrogens is 156 g/mol. The fraction of sp³-hybridized carbons (Fsp3) is 0.875. The van der Waals surface area contributed by atoms with Crippen molar-refractivity contribution in [2.45, 2.75) is 25.4 Å². The Balaban J connectivity index is 1.91. The van der Waals surface area contributed by atoms with Crippen LogP contribution in [-0.4, -0.2) is 46.8 Å². The molecule has 0 aliphatic carbocycles. The summed E-state index contributed by atoms with van der Waals surface area (Å²) in [5.41, 5.74) is 0. The van der Waals surface area contributed by atoms with Gasteiger partial charge in [-0.1, -0.05) is 0 Å². The molecule has 12 heavy (non-hydrogen) atoms. The van der Waals surface area contributed by atoms with Crippen molar-refractivity contribution in [3.63, 3.8) is 0 Å². The van der Waals surface area contributed by atoms with Gasteiger partial charge in [-0.05, 0) is 19.3 Å². The van der Waals surface area contributed by atoms with Crippen molar-refractivity contribution < 1.29 is 9.90 Å². The summed E-state index contributed by atoms with van der Waals surface area (Å²) < 4.78 is 0. The van der Waals surface area contributed by atoms with Gasteiger partial charge in [0.05, 0.1) is 6.17 Å². The zero-order chi connectivity index (χ0) is 8.55. The maximum absolute atomic E-state index is 10.6. The lowest BCUT2D eigenvalue weighted by Gasteiger charge is -2.44. The second-order valence-corrected chi connectivity index (χ2v) is 3.49. The first-order valence-electron chi connectivity index (χ1n) is 4.52. The third-order valence-electron chi connectivity index (χ3n) is 2.80. The summed E-state index contributed by atoms with van der Waals surface area (Å²) in [6.45, 7) is 2.87. The first-order valence-corrected chi connectivity index (χ1v) is 4.52. The van der Waals surface area contributed by atoms with Crippen molar-refractivity contribution in [2.75, 3.05) is 19.6 Å². The number of rotatable bonds is 1. The minimum absolute atomic E-state index is 0.199. The number of nitrogens with zero attached hydrogens (tertiary/aromatic N) is 2. The Bertz CT molecular complexity index is 189. The van der Waals surface area contributed by atoms with E-state index in [4.69, 9.17) is 5.11 Å². The molecule has 2 aliphatic heterocycles. The van der Waals surface area contributed by atoms with Crippen molar-refractivity contribution in [1.82, 2.24) is 9.80 Å². The van der Waals surface area contributed by atoms with Gasteiger partial charge in [0.25, 0.3) is 0 Å². The first-order chi connectivity index (χ1) is 5.79. The van der Waals surface area contributed by atoms with Gasteiger partial charge in [0.2, 0.25) is 0 Å². The lowest BCUT2D eigenvalue weighted by Crippen LogP contribution is -2.58. The molecule has 1 unspecified atom stereocenters. The van der Waals surface area contributed by atoms with Crippen molar-refractivity contribution in [3.8, 4) is 0 Å². The third-order valence-corrected chi connectivity index (χ3v) is 2.80. The van der Waals surface area contributed by atoms with Crippen LogP contribution in [0.5, 0.6) is 0 Å². The molecule has 4 heteroatoms. The van der Waals surface area contributed by atoms with Crippen LogP contribution in [0.3, 0.4) is 0 Å². The van der Waals surface area contributed by atoms with E-state index < -0.39 is 6.09 Å². The van der Waals surface area contributed by atoms with Crippen LogP contribution in [-0.2, 0) is 0 Å². The molecule has 2 saturated heterocycles. The number of hydrogen-bond acceptors (Lipinski definition) is 2. The number of carboxylic acid groups (broad SMARTS) is 1. The molecule has 4 nitrogen and oxygen atoms in total. The molecule has 0 aromatic heterocycles. The number of hydrogen-bond donors (Lipinski definition) is 1. The molecule has 1 N–H and O–H groups in total. The van der Waals surface area contributed by atoms with E-state index in [1.807, 2.05) is 0 Å². The van der Waals surface area contributed by atoms with E-state index in [0.29, 0.717) is 0 Å². The number of amides is 1. The molecule has 0 bridgehead atoms. The summed E-state index contributed by atoms with van der Waals surface area (Å²) in [5, 5.41) is 8.76. The van der Waals surface area contributed by atoms with Crippen LogP contribution in [0.15, 0.2) is 0 Å². The lowest BCUT2D eigenvalue weighted by molar-refractivity contribution is -0.00863. The fourth-order valence-electron chi connectivity index (χ4n) is 2.02. The van der Waals surface area contributed by atoms with Crippen LogP contribution in [0, 0.1) is 0 Å². The molecule has 1 atom stereocenters. The Hall–Kier alpha value is -0.770. The van der Waals surface area contributed by atoms with Gasteiger partial charge in [-0.2, -0.15) is 0 Å². The monoisotopic (exact) mass is 170 g/mol. The number of carbonyl (C=O) groups is 1. The third kappa shape index (κ3) is 1.16. The molecule has 0 spiro atoms. The minimum Gasteiger partial charge on any atom is -0.465 e. The predicted octanol–water partition coefficient (Wildman–Crippen LogP) is 0.792. The maximum Gasteiger partial charge on any atom is 0.408 e. The van der Waals surface area contributed by atoms with Crippen molar-refractivity contribution in [1.29, 1.82) is 0 Å². The van der Waals surface area contributed by atoms with Gasteiger partial charge in [0, 0.05) is 19.6 Å². The fourth-order valence-corrected chi connectivity index (χ4v) is 2.02. The van der Waals surface area contributed by atoms with Gasteiger partial charge in [-0.3, -0.25) is 9.80 Å². The highest BCUT2D eigenvalue weighted by Crippen LogP contribution is 2.24. The molecule has 2 heterocycles. The van der Waals surface area contributed by atoms with Crippen LogP contribution in [0.25, 0.3) is 0 Å². The summed E-state index contributed by atoms with van der Waals surface area (Å²) >= 11 is 0. The molecule has 68 valence electrons. The molecule has 2 rings (SSSR count). The average molecular weight is 170 g/mol. The van der Waals surface area contributed by atoms with Crippen LogP contribution in [0.4, 0.5) is 4.79 Å². The van der Waals surface area contributed by atoms with Crippen molar-refractivity contribution in [2.24, 2.45) is 0 Å². The first kappa shape index (κ1) is 7.86. The van der Waals surface area contributed by atoms with Crippen LogP contribution < -0.4 is 0 Å². The minimum atomic E-state index is -0.766. The molecule has 2 fully saturated rings. The Labute approximate surface area is 71.8 Å². The SMILES string of the molecule is O=C(O)N1CCC1N1CCCC1. The second-order valence-electron chi connectivity index (χ2n) is 3.49. The van der Waals surface area contributed by atoms with Gasteiger partial charge < -0.3 is 5.11 Å². The van der Waals surface area contributed by atoms with Gasteiger partial charge in [-0.25, -0.2) is 4.79 Å². The lowest BCUT2D eigenvalue weighted by atomic mass is 10.1. The molecular formula is C8H14N2O2. The molecule has 0 radical (unpaired) electrons. The zero-order valence-electron chi connectivity index (χ0n) is 7.07. The van der Waals surface area contributed by atoms with Crippen molar-refractivity contribution >= 4 is 6.09 Å². The smallest absolute Gasteiger partial charge is 0.408 e. The number of likely N-dealkylation sites (tertiary alicyclic amines) is 2. The van der Waals surface area contributed by atoms with Gasteiger partial charge in [0.15, 0.2) is 0 Å². The van der Waals surface area contributed by atoms with Gasteiger partial charge >= 0.3 is 6.09 Å². The molecule has 2 aliphatic rings. The summed E-state index contributed by atoms with van der Waals surface area (Å²) in [6.07, 6.45) is 2.91. The summed E-state index contributed by atoms with van der Waals surface area (Å²) in [4.78, 5) is 14.5. The Kier molecular flexibility index (Phi) is 1.92. The zero-order valence-corrected chi connectivity index (χ0v) is 7.07. The summed E-state index contributed by atoms with van der Waals surface area (Å²) in [5.74, 6) is 0. The molecule has 0 aromatic rings. The van der Waals surface area contributed by atoms with E-state index in [1.165, 1.54) is 17.7 Å². The standard InChI is InChI=1S/C8H14N2O2/c11-8(12)10-6-3-7(10)9-4-1-2-5-9/h7H,1-6H2,(H,11,12). The predicted molar refractivity (Wildman–Crippen MR) is 43.9 cm³/mol. The van der Waals surface area contributed by atoms with E-state index in [1.54, 1.807) is 0 Å². The highest BCUT2D eigenvalue weighted by atomic mass is 16.4.